The van der Waals surface area contributed by atoms with Crippen LogP contribution >= 0.6 is 11.3 Å². The minimum atomic E-state index is 0.301. The molecule has 4 nitrogen and oxygen atoms in total. The summed E-state index contributed by atoms with van der Waals surface area (Å²) in [7, 11) is 0. The predicted molar refractivity (Wildman–Crippen MR) is 71.5 cm³/mol. The van der Waals surface area contributed by atoms with E-state index in [-0.39, 0.29) is 0 Å². The fourth-order valence-corrected chi connectivity index (χ4v) is 2.52. The lowest BCUT2D eigenvalue weighted by Crippen LogP contribution is -2.03. The summed E-state index contributed by atoms with van der Waals surface area (Å²) >= 11 is 1.67. The van der Waals surface area contributed by atoms with Crippen LogP contribution < -0.4 is 5.32 Å². The summed E-state index contributed by atoms with van der Waals surface area (Å²) in [4.78, 5) is 8.46. The molecule has 0 fully saturated rings. The van der Waals surface area contributed by atoms with E-state index in [2.05, 4.69) is 15.3 Å². The highest BCUT2D eigenvalue weighted by Crippen LogP contribution is 2.24. The van der Waals surface area contributed by atoms with Crippen molar-refractivity contribution in [2.45, 2.75) is 25.7 Å². The monoisotopic (exact) mass is 251 g/mol. The molecule has 0 amide bonds. The van der Waals surface area contributed by atoms with Gasteiger partial charge in [0.2, 0.25) is 0 Å². The largest absolute Gasteiger partial charge is 0.396 e. The van der Waals surface area contributed by atoms with Crippen molar-refractivity contribution in [2.75, 3.05) is 18.5 Å². The molecule has 2 heterocycles. The van der Waals surface area contributed by atoms with Crippen LogP contribution in [0.1, 0.15) is 25.7 Å². The molecule has 17 heavy (non-hydrogen) atoms. The Labute approximate surface area is 105 Å². The third-order valence-corrected chi connectivity index (χ3v) is 3.53. The smallest absolute Gasteiger partial charge is 0.147 e. The summed E-state index contributed by atoms with van der Waals surface area (Å²) in [5, 5.41) is 14.0. The van der Waals surface area contributed by atoms with Crippen LogP contribution in [0.2, 0.25) is 0 Å². The van der Waals surface area contributed by atoms with Crippen LogP contribution in [0.25, 0.3) is 10.2 Å². The second-order valence-electron chi connectivity index (χ2n) is 3.92. The van der Waals surface area contributed by atoms with E-state index < -0.39 is 0 Å². The molecule has 0 aliphatic heterocycles. The molecule has 0 aromatic carbocycles. The van der Waals surface area contributed by atoms with Gasteiger partial charge in [0.25, 0.3) is 0 Å². The lowest BCUT2D eigenvalue weighted by molar-refractivity contribution is 0.283. The molecule has 0 aliphatic carbocycles. The van der Waals surface area contributed by atoms with Crippen LogP contribution in [0.3, 0.4) is 0 Å². The van der Waals surface area contributed by atoms with Crippen molar-refractivity contribution in [3.8, 4) is 0 Å². The van der Waals surface area contributed by atoms with Gasteiger partial charge in [-0.1, -0.05) is 12.8 Å². The average molecular weight is 251 g/mol. The Morgan fingerprint density at radius 1 is 1.18 bits per heavy atom. The fourth-order valence-electron chi connectivity index (χ4n) is 1.71. The number of unbranched alkanes of at least 4 members (excludes halogenated alkanes) is 3. The minimum absolute atomic E-state index is 0.301. The molecule has 5 heteroatoms. The van der Waals surface area contributed by atoms with E-state index in [9.17, 15) is 0 Å². The first-order chi connectivity index (χ1) is 8.42. The number of fused-ring (bicyclic) bond motifs is 1. The zero-order valence-electron chi connectivity index (χ0n) is 9.72. The van der Waals surface area contributed by atoms with Crippen LogP contribution in [0, 0.1) is 0 Å². The normalized spacial score (nSPS) is 10.9. The van der Waals surface area contributed by atoms with Gasteiger partial charge in [-0.05, 0) is 24.3 Å². The number of rotatable bonds is 7. The number of aromatic nitrogens is 2. The number of hydrogen-bond donors (Lipinski definition) is 2. The highest BCUT2D eigenvalue weighted by molar-refractivity contribution is 7.17. The van der Waals surface area contributed by atoms with Crippen LogP contribution in [0.5, 0.6) is 0 Å². The molecule has 0 spiro atoms. The zero-order valence-corrected chi connectivity index (χ0v) is 10.5. The van der Waals surface area contributed by atoms with Crippen molar-refractivity contribution in [1.29, 1.82) is 0 Å². The van der Waals surface area contributed by atoms with Crippen molar-refractivity contribution in [2.24, 2.45) is 0 Å². The molecular formula is C12H17N3OS. The maximum absolute atomic E-state index is 8.66. The molecule has 0 bridgehead atoms. The Bertz CT molecular complexity index is 458. The number of hydrogen-bond acceptors (Lipinski definition) is 5. The van der Waals surface area contributed by atoms with E-state index in [0.29, 0.717) is 6.61 Å². The molecule has 0 aliphatic rings. The molecular weight excluding hydrogens is 234 g/mol. The van der Waals surface area contributed by atoms with Gasteiger partial charge in [0.05, 0.1) is 10.2 Å². The van der Waals surface area contributed by atoms with Gasteiger partial charge in [-0.15, -0.1) is 11.3 Å². The molecule has 0 atom stereocenters. The summed E-state index contributed by atoms with van der Waals surface area (Å²) in [6.45, 7) is 1.23. The average Bonchev–Trinajstić information content (AvgIpc) is 2.82. The van der Waals surface area contributed by atoms with Crippen LogP contribution in [-0.4, -0.2) is 28.2 Å². The molecule has 2 aromatic heterocycles. The van der Waals surface area contributed by atoms with Gasteiger partial charge in [-0.2, -0.15) is 0 Å². The van der Waals surface area contributed by atoms with E-state index in [1.165, 1.54) is 0 Å². The number of aliphatic hydroxyl groups excluding tert-OH is 1. The van der Waals surface area contributed by atoms with E-state index in [1.807, 2.05) is 11.4 Å². The van der Waals surface area contributed by atoms with Gasteiger partial charge >= 0.3 is 0 Å². The number of aliphatic hydroxyl groups is 1. The minimum Gasteiger partial charge on any atom is -0.396 e. The summed E-state index contributed by atoms with van der Waals surface area (Å²) in [5.74, 6) is 0.937. The molecule has 2 N–H and O–H groups in total. The van der Waals surface area contributed by atoms with Crippen molar-refractivity contribution in [1.82, 2.24) is 9.97 Å². The van der Waals surface area contributed by atoms with E-state index in [0.717, 1.165) is 48.3 Å². The number of nitrogens with one attached hydrogen (secondary N) is 1. The molecule has 0 saturated carbocycles. The number of anilines is 1. The highest BCUT2D eigenvalue weighted by Gasteiger charge is 2.03. The summed E-state index contributed by atoms with van der Waals surface area (Å²) in [5.41, 5.74) is 1.01. The first-order valence-corrected chi connectivity index (χ1v) is 6.82. The molecule has 0 radical (unpaired) electrons. The second kappa shape index (κ2) is 6.51. The van der Waals surface area contributed by atoms with E-state index in [4.69, 9.17) is 5.11 Å². The third kappa shape index (κ3) is 3.38. The SMILES string of the molecule is OCCCCCCNc1ncnc2ccsc12. The molecule has 92 valence electrons. The first kappa shape index (κ1) is 12.3. The Morgan fingerprint density at radius 2 is 2.06 bits per heavy atom. The van der Waals surface area contributed by atoms with E-state index in [1.54, 1.807) is 17.7 Å². The predicted octanol–water partition coefficient (Wildman–Crippen LogP) is 2.66. The van der Waals surface area contributed by atoms with Gasteiger partial charge in [0.1, 0.15) is 12.1 Å². The van der Waals surface area contributed by atoms with Gasteiger partial charge < -0.3 is 10.4 Å². The van der Waals surface area contributed by atoms with E-state index >= 15 is 0 Å². The molecule has 0 unspecified atom stereocenters. The lowest BCUT2D eigenvalue weighted by Gasteiger charge is -2.05. The molecule has 2 aromatic rings. The van der Waals surface area contributed by atoms with Gasteiger partial charge in [0, 0.05) is 13.2 Å². The Morgan fingerprint density at radius 3 is 2.94 bits per heavy atom. The number of thiophene rings is 1. The standard InChI is InChI=1S/C12H17N3OS/c16-7-4-2-1-3-6-13-12-11-10(5-8-17-11)14-9-15-12/h5,8-9,16H,1-4,6-7H2,(H,13,14,15). The van der Waals surface area contributed by atoms with Crippen molar-refractivity contribution >= 4 is 27.4 Å². The summed E-state index contributed by atoms with van der Waals surface area (Å²) < 4.78 is 1.13. The van der Waals surface area contributed by atoms with Crippen LogP contribution in [0.4, 0.5) is 5.82 Å². The van der Waals surface area contributed by atoms with Crippen LogP contribution in [0.15, 0.2) is 17.8 Å². The Balaban J connectivity index is 1.80. The second-order valence-corrected chi connectivity index (χ2v) is 4.84. The first-order valence-electron chi connectivity index (χ1n) is 5.95. The highest BCUT2D eigenvalue weighted by atomic mass is 32.1. The quantitative estimate of drug-likeness (QED) is 0.743. The van der Waals surface area contributed by atoms with Gasteiger partial charge in [-0.3, -0.25) is 0 Å². The fraction of sp³-hybridized carbons (Fsp3) is 0.500. The van der Waals surface area contributed by atoms with Crippen molar-refractivity contribution in [3.63, 3.8) is 0 Å². The zero-order chi connectivity index (χ0) is 11.9. The maximum atomic E-state index is 8.66. The van der Waals surface area contributed by atoms with Crippen LogP contribution in [-0.2, 0) is 0 Å². The lowest BCUT2D eigenvalue weighted by atomic mass is 10.2. The Kier molecular flexibility index (Phi) is 4.70. The van der Waals surface area contributed by atoms with Crippen molar-refractivity contribution in [3.05, 3.63) is 17.8 Å². The van der Waals surface area contributed by atoms with Gasteiger partial charge in [0.15, 0.2) is 0 Å². The van der Waals surface area contributed by atoms with Gasteiger partial charge in [-0.25, -0.2) is 9.97 Å². The summed E-state index contributed by atoms with van der Waals surface area (Å²) in [6.07, 6.45) is 5.85. The topological polar surface area (TPSA) is 58.0 Å². The van der Waals surface area contributed by atoms with Crippen molar-refractivity contribution < 1.29 is 5.11 Å². The maximum Gasteiger partial charge on any atom is 0.147 e. The Hall–Kier alpha value is -1.20. The third-order valence-electron chi connectivity index (χ3n) is 2.62. The molecule has 0 saturated heterocycles. The summed E-state index contributed by atoms with van der Waals surface area (Å²) in [6, 6.07) is 2.01. The molecule has 2 rings (SSSR count). The number of nitrogens with zero attached hydrogens (tertiary/aromatic N) is 2.